The number of carbonyl (C=O) groups is 2. The first-order valence-electron chi connectivity index (χ1n) is 12.3. The molecule has 0 radical (unpaired) electrons. The number of nitrogens with one attached hydrogen (secondary N) is 1. The van der Waals surface area contributed by atoms with Crippen LogP contribution in [0.25, 0.3) is 0 Å². The van der Waals surface area contributed by atoms with Crippen LogP contribution in [-0.2, 0) is 10.1 Å². The number of hydrogen-bond acceptors (Lipinski definition) is 6. The highest BCUT2D eigenvalue weighted by atomic mass is 32.2. The summed E-state index contributed by atoms with van der Waals surface area (Å²) < 4.78 is 27.2. The average Bonchev–Trinajstić information content (AvgIpc) is 2.94. The molecule has 5 rings (SSSR count). The second-order valence-electron chi connectivity index (χ2n) is 8.97. The lowest BCUT2D eigenvalue weighted by Crippen LogP contribution is -2.37. The summed E-state index contributed by atoms with van der Waals surface area (Å²) in [6.45, 7) is 0.569. The first-order chi connectivity index (χ1) is 18.7. The summed E-state index contributed by atoms with van der Waals surface area (Å²) in [6, 6.07) is 38.9. The van der Waals surface area contributed by atoms with Crippen molar-refractivity contribution in [3.05, 3.63) is 138 Å². The summed E-state index contributed by atoms with van der Waals surface area (Å²) >= 11 is 0. The molecule has 0 saturated heterocycles. The van der Waals surface area contributed by atoms with Crippen molar-refractivity contribution in [3.63, 3.8) is 0 Å². The molecule has 0 saturated carbocycles. The van der Waals surface area contributed by atoms with Crippen LogP contribution in [0, 0.1) is 0 Å². The molecule has 1 aliphatic rings. The van der Waals surface area contributed by atoms with Gasteiger partial charge in [0.1, 0.15) is 23.2 Å². The average molecular weight is 558 g/mol. The van der Waals surface area contributed by atoms with E-state index >= 15 is 0 Å². The Morgan fingerprint density at radius 3 is 1.49 bits per heavy atom. The van der Waals surface area contributed by atoms with Crippen molar-refractivity contribution in [1.29, 1.82) is 0 Å². The Kier molecular flexibility index (Phi) is 8.87. The third kappa shape index (κ3) is 6.76. The SMILES string of the molecule is CS(=O)(=O)[O-].O=C1C=C(NCC[P+](c2ccccc2)(c2ccccc2)c2ccccc2)C(=O)c2ccccc21. The normalized spacial score (nSPS) is 13.0. The lowest BCUT2D eigenvalue weighted by Gasteiger charge is -2.28. The molecule has 0 fully saturated rings. The van der Waals surface area contributed by atoms with E-state index in [9.17, 15) is 9.59 Å². The Hall–Kier alpha value is -3.90. The van der Waals surface area contributed by atoms with Gasteiger partial charge in [-0.15, -0.1) is 0 Å². The molecule has 0 unspecified atom stereocenters. The maximum Gasteiger partial charge on any atom is 0.209 e. The zero-order chi connectivity index (χ0) is 27.9. The van der Waals surface area contributed by atoms with Crippen molar-refractivity contribution < 1.29 is 22.6 Å². The highest BCUT2D eigenvalue weighted by molar-refractivity contribution is 7.95. The molecule has 4 aromatic carbocycles. The molecular formula is C31H28NO5PS. The van der Waals surface area contributed by atoms with E-state index in [-0.39, 0.29) is 11.6 Å². The fourth-order valence-corrected chi connectivity index (χ4v) is 8.85. The van der Waals surface area contributed by atoms with E-state index in [0.29, 0.717) is 29.6 Å². The second kappa shape index (κ2) is 12.3. The summed E-state index contributed by atoms with van der Waals surface area (Å²) in [5, 5.41) is 7.20. The van der Waals surface area contributed by atoms with Crippen LogP contribution in [0.5, 0.6) is 0 Å². The molecular weight excluding hydrogens is 529 g/mol. The van der Waals surface area contributed by atoms with Crippen LogP contribution in [0.2, 0.25) is 0 Å². The Balaban J connectivity index is 0.000000648. The van der Waals surface area contributed by atoms with Gasteiger partial charge in [0.05, 0.1) is 22.0 Å². The van der Waals surface area contributed by atoms with E-state index < -0.39 is 17.4 Å². The van der Waals surface area contributed by atoms with E-state index in [0.717, 1.165) is 6.16 Å². The summed E-state index contributed by atoms with van der Waals surface area (Å²) in [5.41, 5.74) is 1.31. The van der Waals surface area contributed by atoms with E-state index in [1.54, 1.807) is 24.3 Å². The van der Waals surface area contributed by atoms with Crippen LogP contribution in [0.4, 0.5) is 0 Å². The Morgan fingerprint density at radius 2 is 1.05 bits per heavy atom. The molecule has 4 aromatic rings. The number of hydrogen-bond donors (Lipinski definition) is 1. The van der Waals surface area contributed by atoms with Gasteiger partial charge in [0.25, 0.3) is 0 Å². The van der Waals surface area contributed by atoms with Gasteiger partial charge in [-0.2, -0.15) is 0 Å². The molecule has 8 heteroatoms. The highest BCUT2D eigenvalue weighted by Gasteiger charge is 2.44. The quantitative estimate of drug-likeness (QED) is 0.275. The van der Waals surface area contributed by atoms with Crippen molar-refractivity contribution in [1.82, 2.24) is 5.32 Å². The molecule has 0 spiro atoms. The van der Waals surface area contributed by atoms with Gasteiger partial charge in [-0.1, -0.05) is 78.9 Å². The molecule has 1 N–H and O–H groups in total. The number of Topliss-reactive ketones (excluding diaryl/α,β-unsaturated/α-hetero) is 1. The molecule has 1 aliphatic carbocycles. The van der Waals surface area contributed by atoms with E-state index in [1.165, 1.54) is 22.0 Å². The summed E-state index contributed by atoms with van der Waals surface area (Å²) in [7, 11) is -5.92. The maximum atomic E-state index is 13.1. The van der Waals surface area contributed by atoms with Gasteiger partial charge in [-0.25, -0.2) is 8.42 Å². The number of fused-ring (bicyclic) bond motifs is 1. The fraction of sp³-hybridized carbons (Fsp3) is 0.0968. The third-order valence-electron chi connectivity index (χ3n) is 6.31. The number of carbonyl (C=O) groups excluding carboxylic acids is 2. The minimum absolute atomic E-state index is 0.127. The first-order valence-corrected chi connectivity index (χ1v) is 16.1. The molecule has 6 nitrogen and oxygen atoms in total. The van der Waals surface area contributed by atoms with Gasteiger partial charge < -0.3 is 9.87 Å². The highest BCUT2D eigenvalue weighted by Crippen LogP contribution is 2.54. The van der Waals surface area contributed by atoms with Crippen LogP contribution in [0.15, 0.2) is 127 Å². The maximum absolute atomic E-state index is 13.1. The summed E-state index contributed by atoms with van der Waals surface area (Å²) in [5.74, 6) is -0.258. The van der Waals surface area contributed by atoms with Crippen LogP contribution >= 0.6 is 7.26 Å². The molecule has 0 bridgehead atoms. The van der Waals surface area contributed by atoms with Crippen LogP contribution in [-0.4, -0.2) is 43.5 Å². The molecule has 0 heterocycles. The molecule has 0 aromatic heterocycles. The zero-order valence-electron chi connectivity index (χ0n) is 21.4. The summed E-state index contributed by atoms with van der Waals surface area (Å²) in [6.07, 6.45) is 2.86. The van der Waals surface area contributed by atoms with Gasteiger partial charge in [0, 0.05) is 30.0 Å². The van der Waals surface area contributed by atoms with Gasteiger partial charge in [0.2, 0.25) is 5.78 Å². The fourth-order valence-electron chi connectivity index (χ4n) is 4.69. The van der Waals surface area contributed by atoms with Crippen molar-refractivity contribution in [2.24, 2.45) is 0 Å². The van der Waals surface area contributed by atoms with Crippen molar-refractivity contribution in [2.45, 2.75) is 0 Å². The smallest absolute Gasteiger partial charge is 0.209 e. The topological polar surface area (TPSA) is 103 Å². The minimum Gasteiger partial charge on any atom is -0.748 e. The molecule has 0 amide bonds. The Bertz CT molecular complexity index is 1480. The summed E-state index contributed by atoms with van der Waals surface area (Å²) in [4.78, 5) is 25.7. The second-order valence-corrected chi connectivity index (χ2v) is 14.0. The van der Waals surface area contributed by atoms with Crippen LogP contribution < -0.4 is 21.2 Å². The van der Waals surface area contributed by atoms with Crippen LogP contribution in [0.1, 0.15) is 20.7 Å². The Morgan fingerprint density at radius 1 is 0.667 bits per heavy atom. The largest absolute Gasteiger partial charge is 0.748 e. The van der Waals surface area contributed by atoms with Crippen LogP contribution in [0.3, 0.4) is 0 Å². The van der Waals surface area contributed by atoms with Crippen molar-refractivity contribution >= 4 is 44.9 Å². The lowest BCUT2D eigenvalue weighted by molar-refractivity contribution is 0.0978. The molecule has 39 heavy (non-hydrogen) atoms. The standard InChI is InChI=1S/C30H24NO2P.CH4O3S/c32-29-22-28(30(33)27-19-11-10-18-26(27)29)31-20-21-34(23-12-4-1-5-13-23,24-14-6-2-7-15-24)25-16-8-3-9-17-25;1-5(2,3)4/h1-19,22H,20-21H2;1H3,(H,2,3,4). The number of benzene rings is 4. The van der Waals surface area contributed by atoms with E-state index in [4.69, 9.17) is 13.0 Å². The van der Waals surface area contributed by atoms with Gasteiger partial charge in [-0.3, -0.25) is 9.59 Å². The number of rotatable bonds is 7. The monoisotopic (exact) mass is 557 g/mol. The molecule has 198 valence electrons. The minimum atomic E-state index is -3.92. The van der Waals surface area contributed by atoms with Gasteiger partial charge >= 0.3 is 0 Å². The Labute approximate surface area is 229 Å². The lowest BCUT2D eigenvalue weighted by atomic mass is 9.93. The molecule has 0 atom stereocenters. The number of ketones is 2. The number of allylic oxidation sites excluding steroid dienone is 2. The van der Waals surface area contributed by atoms with Crippen molar-refractivity contribution in [2.75, 3.05) is 19.0 Å². The first kappa shape index (κ1) is 28.1. The third-order valence-corrected chi connectivity index (χ3v) is 10.7. The van der Waals surface area contributed by atoms with Crippen molar-refractivity contribution in [3.8, 4) is 0 Å². The predicted octanol–water partition coefficient (Wildman–Crippen LogP) is 3.69. The van der Waals surface area contributed by atoms with E-state index in [2.05, 4.69) is 78.1 Å². The van der Waals surface area contributed by atoms with E-state index in [1.807, 2.05) is 18.2 Å². The molecule has 0 aliphatic heterocycles. The zero-order valence-corrected chi connectivity index (χ0v) is 23.1. The predicted molar refractivity (Wildman–Crippen MR) is 157 cm³/mol. The van der Waals surface area contributed by atoms with Gasteiger partial charge in [-0.05, 0) is 36.4 Å². The van der Waals surface area contributed by atoms with Gasteiger partial charge in [0.15, 0.2) is 5.78 Å².